The molecule has 3 unspecified atom stereocenters. The van der Waals surface area contributed by atoms with Gasteiger partial charge in [-0.3, -0.25) is 9.36 Å². The first kappa shape index (κ1) is 65.5. The summed E-state index contributed by atoms with van der Waals surface area (Å²) in [7, 11) is 1.32. The van der Waals surface area contributed by atoms with E-state index in [2.05, 4.69) is 19.2 Å². The van der Waals surface area contributed by atoms with Crippen LogP contribution in [0, 0.1) is 0 Å². The topological polar surface area (TPSA) is 108 Å². The third-order valence-electron chi connectivity index (χ3n) is 13.8. The zero-order chi connectivity index (χ0) is 48.5. The van der Waals surface area contributed by atoms with Crippen LogP contribution in [0.1, 0.15) is 309 Å². The van der Waals surface area contributed by atoms with Gasteiger partial charge in [-0.2, -0.15) is 0 Å². The molecule has 0 heterocycles. The van der Waals surface area contributed by atoms with Gasteiger partial charge in [-0.25, -0.2) is 0 Å². The lowest BCUT2D eigenvalue weighted by Crippen LogP contribution is -2.46. The van der Waals surface area contributed by atoms with E-state index in [-0.39, 0.29) is 19.1 Å². The van der Waals surface area contributed by atoms with Crippen LogP contribution in [0.5, 0.6) is 0 Å². The molecular weight excluding hydrogens is 840 g/mol. The number of aliphatic hydroxyl groups excluding tert-OH is 1. The van der Waals surface area contributed by atoms with E-state index in [0.29, 0.717) is 23.9 Å². The molecule has 8 nitrogen and oxygen atoms in total. The molecule has 0 spiro atoms. The number of amides is 1. The molecule has 0 fully saturated rings. The number of phosphoric ester groups is 1. The van der Waals surface area contributed by atoms with Gasteiger partial charge in [-0.15, -0.1) is 0 Å². The van der Waals surface area contributed by atoms with Crippen molar-refractivity contribution in [3.63, 3.8) is 0 Å². The Morgan fingerprint density at radius 2 is 0.742 bits per heavy atom. The molecule has 1 amide bonds. The standard InChI is InChI=1S/C57H117N2O6P/c1-6-8-10-12-14-16-18-20-22-24-25-26-27-28-29-30-31-32-33-34-35-37-39-41-43-45-47-49-51-57(61)58-55(54-65-66(62,63)64-53-52-59(3,4)5)56(60)50-48-46-44-42-40-38-36-23-21-19-17-15-13-11-9-7-2/h55-56,60H,6-54H2,1-5H3,(H-,58,61,62,63). The van der Waals surface area contributed by atoms with Crippen LogP contribution in [0.25, 0.3) is 0 Å². The fraction of sp³-hybridized carbons (Fsp3) is 0.982. The van der Waals surface area contributed by atoms with Crippen LogP contribution in [-0.4, -0.2) is 68.5 Å². The number of likely N-dealkylation sites (N-methyl/N-ethyl adjacent to an activating group) is 1. The Kier molecular flexibility index (Phi) is 49.1. The molecule has 9 heteroatoms. The van der Waals surface area contributed by atoms with Gasteiger partial charge < -0.3 is 28.8 Å². The monoisotopic (exact) mass is 957 g/mol. The van der Waals surface area contributed by atoms with Crippen molar-refractivity contribution in [2.75, 3.05) is 40.9 Å². The maximum absolute atomic E-state index is 13.0. The number of carbonyl (C=O) groups is 1. The number of nitrogens with one attached hydrogen (secondary N) is 1. The molecule has 0 bridgehead atoms. The Morgan fingerprint density at radius 1 is 0.470 bits per heavy atom. The summed E-state index contributed by atoms with van der Waals surface area (Å²) in [6.07, 6.45) is 58.5. The van der Waals surface area contributed by atoms with Crippen LogP contribution < -0.4 is 10.2 Å². The number of carbonyl (C=O) groups excluding carboxylic acids is 1. The number of aliphatic hydroxyl groups is 1. The van der Waals surface area contributed by atoms with E-state index in [1.165, 1.54) is 244 Å². The molecule has 0 saturated carbocycles. The average Bonchev–Trinajstić information content (AvgIpc) is 3.28. The molecule has 3 atom stereocenters. The molecule has 66 heavy (non-hydrogen) atoms. The minimum Gasteiger partial charge on any atom is -0.756 e. The number of hydrogen-bond donors (Lipinski definition) is 2. The maximum atomic E-state index is 13.0. The Bertz CT molecular complexity index is 1040. The lowest BCUT2D eigenvalue weighted by atomic mass is 10.0. The molecule has 0 aliphatic heterocycles. The predicted octanol–water partition coefficient (Wildman–Crippen LogP) is 17.0. The van der Waals surface area contributed by atoms with Crippen molar-refractivity contribution in [2.24, 2.45) is 0 Å². The van der Waals surface area contributed by atoms with E-state index < -0.39 is 20.0 Å². The summed E-state index contributed by atoms with van der Waals surface area (Å²) in [4.78, 5) is 25.5. The molecular formula is C57H117N2O6P. The number of phosphoric acid groups is 1. The highest BCUT2D eigenvalue weighted by atomic mass is 31.2. The highest BCUT2D eigenvalue weighted by molar-refractivity contribution is 7.45. The summed E-state index contributed by atoms with van der Waals surface area (Å²) < 4.78 is 23.4. The lowest BCUT2D eigenvalue weighted by molar-refractivity contribution is -0.870. The molecule has 0 aromatic carbocycles. The van der Waals surface area contributed by atoms with E-state index in [0.717, 1.165) is 38.5 Å². The summed E-state index contributed by atoms with van der Waals surface area (Å²) in [5.74, 6) is -0.156. The second-order valence-corrected chi connectivity index (χ2v) is 23.1. The summed E-state index contributed by atoms with van der Waals surface area (Å²) in [6, 6.07) is -0.795. The van der Waals surface area contributed by atoms with Gasteiger partial charge in [0, 0.05) is 6.42 Å². The zero-order valence-corrected chi connectivity index (χ0v) is 46.1. The molecule has 0 aromatic rings. The first-order chi connectivity index (χ1) is 32.0. The largest absolute Gasteiger partial charge is 0.756 e. The summed E-state index contributed by atoms with van der Waals surface area (Å²) in [5, 5.41) is 14.0. The minimum atomic E-state index is -4.57. The van der Waals surface area contributed by atoms with Crippen LogP contribution in [0.2, 0.25) is 0 Å². The van der Waals surface area contributed by atoms with E-state index in [1.807, 2.05) is 21.1 Å². The number of hydrogen-bond acceptors (Lipinski definition) is 6. The highest BCUT2D eigenvalue weighted by Crippen LogP contribution is 2.38. The minimum absolute atomic E-state index is 0.0166. The molecule has 0 rings (SSSR count). The van der Waals surface area contributed by atoms with Crippen molar-refractivity contribution in [3.05, 3.63) is 0 Å². The van der Waals surface area contributed by atoms with Crippen LogP contribution in [0.15, 0.2) is 0 Å². The van der Waals surface area contributed by atoms with Crippen molar-refractivity contribution in [1.82, 2.24) is 5.32 Å². The van der Waals surface area contributed by atoms with Gasteiger partial charge in [0.15, 0.2) is 0 Å². The number of quaternary nitrogens is 1. The molecule has 2 N–H and O–H groups in total. The Hall–Kier alpha value is -0.500. The number of nitrogens with zero attached hydrogens (tertiary/aromatic N) is 1. The first-order valence-corrected chi connectivity index (χ1v) is 30.8. The first-order valence-electron chi connectivity index (χ1n) is 29.4. The zero-order valence-electron chi connectivity index (χ0n) is 45.2. The van der Waals surface area contributed by atoms with Crippen molar-refractivity contribution in [2.45, 2.75) is 321 Å². The van der Waals surface area contributed by atoms with Gasteiger partial charge in [-0.1, -0.05) is 290 Å². The lowest BCUT2D eigenvalue weighted by Gasteiger charge is -2.30. The van der Waals surface area contributed by atoms with Gasteiger partial charge in [0.2, 0.25) is 5.91 Å². The van der Waals surface area contributed by atoms with E-state index >= 15 is 0 Å². The summed E-state index contributed by atoms with van der Waals surface area (Å²) in [6.45, 7) is 4.78. The normalized spacial score (nSPS) is 13.9. The fourth-order valence-electron chi connectivity index (χ4n) is 9.22. The molecule has 0 aromatic heterocycles. The predicted molar refractivity (Wildman–Crippen MR) is 284 cm³/mol. The SMILES string of the molecule is CCCCCCCCCCCCCCCCCCCCCCCCCCCCCCC(=O)NC(COP(=O)([O-])OCC[N+](C)(C)C)C(O)CCCCCCCCCCCCCCCCCC. The van der Waals surface area contributed by atoms with Crippen molar-refractivity contribution in [3.8, 4) is 0 Å². The second-order valence-electron chi connectivity index (χ2n) is 21.7. The van der Waals surface area contributed by atoms with E-state index in [4.69, 9.17) is 9.05 Å². The van der Waals surface area contributed by atoms with Gasteiger partial charge in [-0.05, 0) is 12.8 Å². The van der Waals surface area contributed by atoms with E-state index in [9.17, 15) is 19.4 Å². The number of rotatable bonds is 55. The van der Waals surface area contributed by atoms with Crippen LogP contribution in [-0.2, 0) is 18.4 Å². The van der Waals surface area contributed by atoms with Crippen molar-refractivity contribution < 1.29 is 32.9 Å². The quantitative estimate of drug-likeness (QED) is 0.0357. The van der Waals surface area contributed by atoms with Gasteiger partial charge in [0.25, 0.3) is 7.82 Å². The average molecular weight is 958 g/mol. The van der Waals surface area contributed by atoms with Crippen molar-refractivity contribution in [1.29, 1.82) is 0 Å². The van der Waals surface area contributed by atoms with Crippen LogP contribution >= 0.6 is 7.82 Å². The van der Waals surface area contributed by atoms with Gasteiger partial charge >= 0.3 is 0 Å². The molecule has 0 aliphatic rings. The fourth-order valence-corrected chi connectivity index (χ4v) is 9.94. The molecule has 0 radical (unpaired) electrons. The maximum Gasteiger partial charge on any atom is 0.268 e. The highest BCUT2D eigenvalue weighted by Gasteiger charge is 2.24. The van der Waals surface area contributed by atoms with Crippen LogP contribution in [0.4, 0.5) is 0 Å². The molecule has 0 saturated heterocycles. The van der Waals surface area contributed by atoms with Gasteiger partial charge in [0.05, 0.1) is 39.9 Å². The summed E-state index contributed by atoms with van der Waals surface area (Å²) in [5.41, 5.74) is 0. The Balaban J connectivity index is 4.04. The molecule has 396 valence electrons. The van der Waals surface area contributed by atoms with E-state index in [1.54, 1.807) is 0 Å². The summed E-state index contributed by atoms with van der Waals surface area (Å²) >= 11 is 0. The van der Waals surface area contributed by atoms with Crippen LogP contribution in [0.3, 0.4) is 0 Å². The molecule has 0 aliphatic carbocycles. The third kappa shape index (κ3) is 51.4. The second kappa shape index (κ2) is 49.5. The Morgan fingerprint density at radius 3 is 1.03 bits per heavy atom. The number of unbranched alkanes of at least 4 members (excludes halogenated alkanes) is 42. The Labute approximate surface area is 412 Å². The smallest absolute Gasteiger partial charge is 0.268 e. The van der Waals surface area contributed by atoms with Gasteiger partial charge in [0.1, 0.15) is 13.2 Å². The third-order valence-corrected chi connectivity index (χ3v) is 14.8. The van der Waals surface area contributed by atoms with Crippen molar-refractivity contribution >= 4 is 13.7 Å².